The summed E-state index contributed by atoms with van der Waals surface area (Å²) >= 11 is 0. The molecule has 1 amide bonds. The van der Waals surface area contributed by atoms with Gasteiger partial charge in [0.1, 0.15) is 5.82 Å². The van der Waals surface area contributed by atoms with E-state index in [0.717, 1.165) is 11.1 Å². The maximum atomic E-state index is 13.6. The van der Waals surface area contributed by atoms with Gasteiger partial charge in [0.2, 0.25) is 0 Å². The lowest BCUT2D eigenvalue weighted by Gasteiger charge is -2.07. The minimum Gasteiger partial charge on any atom is -0.320 e. The molecular formula is C17H15FN2O. The summed E-state index contributed by atoms with van der Waals surface area (Å²) in [6.07, 6.45) is 0. The molecule has 2 aromatic carbocycles. The largest absolute Gasteiger partial charge is 0.320 e. The summed E-state index contributed by atoms with van der Waals surface area (Å²) in [6.45, 7) is 2.12. The number of nitrogens with two attached hydrogens (primary N) is 1. The van der Waals surface area contributed by atoms with Crippen molar-refractivity contribution >= 4 is 11.6 Å². The Kier molecular flexibility index (Phi) is 4.70. The van der Waals surface area contributed by atoms with Crippen LogP contribution in [-0.4, -0.2) is 12.5 Å². The maximum Gasteiger partial charge on any atom is 0.255 e. The van der Waals surface area contributed by atoms with E-state index in [1.807, 2.05) is 6.92 Å². The van der Waals surface area contributed by atoms with Gasteiger partial charge in [0.15, 0.2) is 0 Å². The van der Waals surface area contributed by atoms with Crippen molar-refractivity contribution in [2.45, 2.75) is 6.92 Å². The van der Waals surface area contributed by atoms with Crippen LogP contribution in [0.5, 0.6) is 0 Å². The van der Waals surface area contributed by atoms with E-state index >= 15 is 0 Å². The predicted octanol–water partition coefficient (Wildman–Crippen LogP) is 2.70. The molecule has 0 bridgehead atoms. The highest BCUT2D eigenvalue weighted by molar-refractivity contribution is 6.04. The van der Waals surface area contributed by atoms with Gasteiger partial charge in [-0.1, -0.05) is 17.9 Å². The number of nitrogens with one attached hydrogen (secondary N) is 1. The van der Waals surface area contributed by atoms with E-state index in [2.05, 4.69) is 17.2 Å². The molecule has 0 radical (unpaired) electrons. The number of carbonyl (C=O) groups excluding carboxylic acids is 1. The molecule has 0 saturated heterocycles. The van der Waals surface area contributed by atoms with Gasteiger partial charge in [0.25, 0.3) is 5.91 Å². The fourth-order valence-corrected chi connectivity index (χ4v) is 1.79. The number of anilines is 1. The number of amides is 1. The monoisotopic (exact) mass is 282 g/mol. The Morgan fingerprint density at radius 1 is 1.24 bits per heavy atom. The molecular weight excluding hydrogens is 267 g/mol. The smallest absolute Gasteiger partial charge is 0.255 e. The summed E-state index contributed by atoms with van der Waals surface area (Å²) in [5, 5.41) is 2.56. The molecule has 0 aliphatic carbocycles. The van der Waals surface area contributed by atoms with Crippen molar-refractivity contribution in [3.63, 3.8) is 0 Å². The molecule has 3 N–H and O–H groups in total. The van der Waals surface area contributed by atoms with Crippen LogP contribution < -0.4 is 11.1 Å². The van der Waals surface area contributed by atoms with E-state index in [0.29, 0.717) is 5.56 Å². The molecule has 21 heavy (non-hydrogen) atoms. The summed E-state index contributed by atoms with van der Waals surface area (Å²) in [5.41, 5.74) is 7.56. The molecule has 0 aromatic heterocycles. The summed E-state index contributed by atoms with van der Waals surface area (Å²) in [6, 6.07) is 11.3. The topological polar surface area (TPSA) is 55.1 Å². The van der Waals surface area contributed by atoms with Crippen LogP contribution in [0.2, 0.25) is 0 Å². The Morgan fingerprint density at radius 3 is 2.62 bits per heavy atom. The second-order valence-electron chi connectivity index (χ2n) is 4.52. The van der Waals surface area contributed by atoms with Crippen LogP contribution in [-0.2, 0) is 0 Å². The van der Waals surface area contributed by atoms with Crippen LogP contribution in [0.3, 0.4) is 0 Å². The number of rotatable bonds is 2. The van der Waals surface area contributed by atoms with Crippen LogP contribution in [0.15, 0.2) is 42.5 Å². The molecule has 0 atom stereocenters. The van der Waals surface area contributed by atoms with Crippen molar-refractivity contribution in [1.29, 1.82) is 0 Å². The van der Waals surface area contributed by atoms with E-state index in [1.54, 1.807) is 36.4 Å². The molecule has 106 valence electrons. The Balaban J connectivity index is 2.15. The molecule has 0 fully saturated rings. The molecule has 0 spiro atoms. The van der Waals surface area contributed by atoms with Crippen molar-refractivity contribution in [3.8, 4) is 11.8 Å². The molecule has 4 heteroatoms. The molecule has 0 heterocycles. The van der Waals surface area contributed by atoms with E-state index in [-0.39, 0.29) is 18.1 Å². The van der Waals surface area contributed by atoms with Gasteiger partial charge in [0.05, 0.1) is 12.2 Å². The second kappa shape index (κ2) is 6.69. The van der Waals surface area contributed by atoms with Crippen LogP contribution in [0.25, 0.3) is 0 Å². The minimum absolute atomic E-state index is 0.173. The van der Waals surface area contributed by atoms with Gasteiger partial charge in [-0.2, -0.15) is 0 Å². The molecule has 0 saturated carbocycles. The number of carbonyl (C=O) groups is 1. The van der Waals surface area contributed by atoms with E-state index in [4.69, 9.17) is 5.73 Å². The fraction of sp³-hybridized carbons (Fsp3) is 0.118. The van der Waals surface area contributed by atoms with Crippen molar-refractivity contribution in [2.24, 2.45) is 5.73 Å². The van der Waals surface area contributed by atoms with Crippen molar-refractivity contribution in [3.05, 3.63) is 65.0 Å². The van der Waals surface area contributed by atoms with Gasteiger partial charge in [-0.15, -0.1) is 0 Å². The molecule has 3 nitrogen and oxygen atoms in total. The lowest BCUT2D eigenvalue weighted by Crippen LogP contribution is -2.13. The third kappa shape index (κ3) is 3.91. The summed E-state index contributed by atoms with van der Waals surface area (Å²) < 4.78 is 13.6. The Hall–Kier alpha value is -2.64. The number of hydrogen-bond acceptors (Lipinski definition) is 2. The second-order valence-corrected chi connectivity index (χ2v) is 4.52. The van der Waals surface area contributed by atoms with E-state index < -0.39 is 5.82 Å². The van der Waals surface area contributed by atoms with Gasteiger partial charge in [-0.25, -0.2) is 4.39 Å². The average molecular weight is 282 g/mol. The fourth-order valence-electron chi connectivity index (χ4n) is 1.79. The molecule has 2 rings (SSSR count). The number of hydrogen-bond donors (Lipinski definition) is 2. The number of halogens is 1. The normalized spacial score (nSPS) is 9.67. The first-order valence-electron chi connectivity index (χ1n) is 6.46. The molecule has 2 aromatic rings. The van der Waals surface area contributed by atoms with Crippen LogP contribution >= 0.6 is 0 Å². The first-order valence-corrected chi connectivity index (χ1v) is 6.46. The first-order chi connectivity index (χ1) is 10.1. The zero-order chi connectivity index (χ0) is 15.2. The lowest BCUT2D eigenvalue weighted by molar-refractivity contribution is 0.102. The average Bonchev–Trinajstić information content (AvgIpc) is 2.49. The Labute approximate surface area is 123 Å². The van der Waals surface area contributed by atoms with Crippen molar-refractivity contribution in [1.82, 2.24) is 0 Å². The third-order valence-corrected chi connectivity index (χ3v) is 2.85. The Morgan fingerprint density at radius 2 is 1.95 bits per heavy atom. The zero-order valence-corrected chi connectivity index (χ0v) is 11.6. The quantitative estimate of drug-likeness (QED) is 0.832. The van der Waals surface area contributed by atoms with Gasteiger partial charge in [-0.3, -0.25) is 4.79 Å². The third-order valence-electron chi connectivity index (χ3n) is 2.85. The van der Waals surface area contributed by atoms with Crippen LogP contribution in [0.1, 0.15) is 21.5 Å². The highest BCUT2D eigenvalue weighted by Crippen LogP contribution is 2.17. The highest BCUT2D eigenvalue weighted by atomic mass is 19.1. The summed E-state index contributed by atoms with van der Waals surface area (Å²) in [4.78, 5) is 12.1. The van der Waals surface area contributed by atoms with Gasteiger partial charge in [0, 0.05) is 11.1 Å². The van der Waals surface area contributed by atoms with Gasteiger partial charge >= 0.3 is 0 Å². The van der Waals surface area contributed by atoms with Crippen LogP contribution in [0.4, 0.5) is 10.1 Å². The van der Waals surface area contributed by atoms with E-state index in [9.17, 15) is 9.18 Å². The first kappa shape index (κ1) is 14.8. The minimum atomic E-state index is -0.459. The highest BCUT2D eigenvalue weighted by Gasteiger charge is 2.09. The number of aryl methyl sites for hydroxylation is 1. The predicted molar refractivity (Wildman–Crippen MR) is 81.5 cm³/mol. The van der Waals surface area contributed by atoms with Gasteiger partial charge in [-0.05, 0) is 48.9 Å². The standard InChI is InChI=1S/C17H15FN2O/c1-12-4-9-15(18)16(11-12)20-17(21)14-7-5-13(6-8-14)3-2-10-19/h4-9,11H,10,19H2,1H3,(H,20,21). The summed E-state index contributed by atoms with van der Waals surface area (Å²) in [7, 11) is 0. The van der Waals surface area contributed by atoms with Crippen LogP contribution in [0, 0.1) is 24.6 Å². The SMILES string of the molecule is Cc1ccc(F)c(NC(=O)c2ccc(C#CCN)cc2)c1. The molecule has 0 aliphatic heterocycles. The maximum absolute atomic E-state index is 13.6. The number of benzene rings is 2. The zero-order valence-electron chi connectivity index (χ0n) is 11.6. The van der Waals surface area contributed by atoms with Crippen molar-refractivity contribution in [2.75, 3.05) is 11.9 Å². The summed E-state index contributed by atoms with van der Waals surface area (Å²) in [5.74, 6) is 4.78. The van der Waals surface area contributed by atoms with Crippen molar-refractivity contribution < 1.29 is 9.18 Å². The molecule has 0 unspecified atom stereocenters. The van der Waals surface area contributed by atoms with Gasteiger partial charge < -0.3 is 11.1 Å². The lowest BCUT2D eigenvalue weighted by atomic mass is 10.1. The Bertz CT molecular complexity index is 712. The van der Waals surface area contributed by atoms with E-state index in [1.165, 1.54) is 6.07 Å². The molecule has 0 aliphatic rings.